The average Bonchev–Trinajstić information content (AvgIpc) is 3.20. The lowest BCUT2D eigenvalue weighted by molar-refractivity contribution is 0.0730. The van der Waals surface area contributed by atoms with E-state index in [4.69, 9.17) is 13.9 Å². The van der Waals surface area contributed by atoms with Crippen LogP contribution in [0.1, 0.15) is 53.1 Å². The maximum Gasteiger partial charge on any atom is 0.290 e. The lowest BCUT2D eigenvalue weighted by Gasteiger charge is -2.26. The zero-order chi connectivity index (χ0) is 25.9. The van der Waals surface area contributed by atoms with Crippen molar-refractivity contribution in [2.24, 2.45) is 0 Å². The van der Waals surface area contributed by atoms with E-state index in [0.717, 1.165) is 24.5 Å². The van der Waals surface area contributed by atoms with Gasteiger partial charge in [0.15, 0.2) is 16.9 Å². The van der Waals surface area contributed by atoms with Gasteiger partial charge in [-0.3, -0.25) is 9.59 Å². The summed E-state index contributed by atoms with van der Waals surface area (Å²) in [6.45, 7) is 3.00. The van der Waals surface area contributed by atoms with Crippen LogP contribution < -0.4 is 14.9 Å². The molecule has 5 rings (SSSR count). The van der Waals surface area contributed by atoms with E-state index in [9.17, 15) is 14.0 Å². The van der Waals surface area contributed by atoms with Gasteiger partial charge in [0, 0.05) is 6.54 Å². The predicted molar refractivity (Wildman–Crippen MR) is 139 cm³/mol. The second-order valence-electron chi connectivity index (χ2n) is 9.06. The van der Waals surface area contributed by atoms with Crippen molar-refractivity contribution in [2.75, 3.05) is 20.3 Å². The molecule has 37 heavy (non-hydrogen) atoms. The minimum atomic E-state index is -0.714. The number of amides is 1. The van der Waals surface area contributed by atoms with Crippen molar-refractivity contribution >= 4 is 16.9 Å². The van der Waals surface area contributed by atoms with Gasteiger partial charge in [0.1, 0.15) is 11.4 Å². The van der Waals surface area contributed by atoms with Crippen LogP contribution in [0.5, 0.6) is 11.5 Å². The normalized spacial score (nSPS) is 14.7. The lowest BCUT2D eigenvalue weighted by atomic mass is 9.97. The zero-order valence-electron chi connectivity index (χ0n) is 20.8. The number of halogens is 1. The van der Waals surface area contributed by atoms with Gasteiger partial charge in [0.25, 0.3) is 5.91 Å². The third-order valence-electron chi connectivity index (χ3n) is 6.67. The Kier molecular flexibility index (Phi) is 6.95. The van der Waals surface area contributed by atoms with E-state index in [-0.39, 0.29) is 28.2 Å². The molecule has 0 bridgehead atoms. The highest BCUT2D eigenvalue weighted by Gasteiger charge is 2.42. The summed E-state index contributed by atoms with van der Waals surface area (Å²) in [6.07, 6.45) is 2.50. The molecule has 0 saturated carbocycles. The molecule has 0 aliphatic carbocycles. The summed E-state index contributed by atoms with van der Waals surface area (Å²) in [5.74, 6) is 0.171. The molecule has 0 spiro atoms. The fourth-order valence-electron chi connectivity index (χ4n) is 4.76. The van der Waals surface area contributed by atoms with E-state index in [1.807, 2.05) is 36.4 Å². The Labute approximate surface area is 214 Å². The van der Waals surface area contributed by atoms with Crippen molar-refractivity contribution in [3.05, 3.63) is 105 Å². The molecule has 3 aromatic carbocycles. The molecule has 1 amide bonds. The number of ether oxygens (including phenoxy) is 2. The smallest absolute Gasteiger partial charge is 0.290 e. The van der Waals surface area contributed by atoms with Gasteiger partial charge >= 0.3 is 0 Å². The lowest BCUT2D eigenvalue weighted by Crippen LogP contribution is -2.31. The van der Waals surface area contributed by atoms with Gasteiger partial charge in [-0.25, -0.2) is 4.39 Å². The molecule has 0 saturated heterocycles. The Morgan fingerprint density at radius 3 is 2.57 bits per heavy atom. The number of rotatable bonds is 9. The molecule has 2 heterocycles. The first-order chi connectivity index (χ1) is 18.0. The molecular formula is C30H28FNO5. The third-order valence-corrected chi connectivity index (χ3v) is 6.67. The highest BCUT2D eigenvalue weighted by Crippen LogP contribution is 2.41. The van der Waals surface area contributed by atoms with Crippen molar-refractivity contribution in [1.29, 1.82) is 0 Å². The molecule has 6 nitrogen and oxygen atoms in total. The van der Waals surface area contributed by atoms with E-state index in [0.29, 0.717) is 36.6 Å². The highest BCUT2D eigenvalue weighted by atomic mass is 19.1. The molecule has 1 unspecified atom stereocenters. The molecule has 0 radical (unpaired) electrons. The summed E-state index contributed by atoms with van der Waals surface area (Å²) in [6, 6.07) is 18.3. The Morgan fingerprint density at radius 1 is 1.00 bits per heavy atom. The zero-order valence-corrected chi connectivity index (χ0v) is 20.8. The SMILES string of the molecule is CCCCOc1ccc(C2c3c(oc4ccc(F)cc4c3=O)C(=O)N2CCc2ccccc2)cc1OC. The van der Waals surface area contributed by atoms with Crippen molar-refractivity contribution in [1.82, 2.24) is 4.90 Å². The van der Waals surface area contributed by atoms with Crippen LogP contribution in [0.3, 0.4) is 0 Å². The number of carbonyl (C=O) groups is 1. The first-order valence-corrected chi connectivity index (χ1v) is 12.4. The molecular weight excluding hydrogens is 473 g/mol. The summed E-state index contributed by atoms with van der Waals surface area (Å²) < 4.78 is 31.4. The van der Waals surface area contributed by atoms with E-state index in [1.165, 1.54) is 12.1 Å². The molecule has 0 N–H and O–H groups in total. The monoisotopic (exact) mass is 501 g/mol. The van der Waals surface area contributed by atoms with Gasteiger partial charge < -0.3 is 18.8 Å². The average molecular weight is 502 g/mol. The summed E-state index contributed by atoms with van der Waals surface area (Å²) >= 11 is 0. The van der Waals surface area contributed by atoms with Crippen LogP contribution >= 0.6 is 0 Å². The number of unbranched alkanes of at least 4 members (excludes halogenated alkanes) is 1. The van der Waals surface area contributed by atoms with Gasteiger partial charge in [-0.2, -0.15) is 0 Å². The minimum absolute atomic E-state index is 0.00981. The van der Waals surface area contributed by atoms with Crippen molar-refractivity contribution < 1.29 is 23.1 Å². The maximum atomic E-state index is 14.0. The summed E-state index contributed by atoms with van der Waals surface area (Å²) in [4.78, 5) is 28.9. The molecule has 0 fully saturated rings. The Hall–Kier alpha value is -4.13. The summed E-state index contributed by atoms with van der Waals surface area (Å²) in [5.41, 5.74) is 1.72. The second kappa shape index (κ2) is 10.5. The van der Waals surface area contributed by atoms with Gasteiger partial charge in [-0.1, -0.05) is 49.7 Å². The van der Waals surface area contributed by atoms with Crippen LogP contribution in [-0.4, -0.2) is 31.1 Å². The number of hydrogen-bond donors (Lipinski definition) is 0. The fraction of sp³-hybridized carbons (Fsp3) is 0.267. The van der Waals surface area contributed by atoms with Gasteiger partial charge in [-0.15, -0.1) is 0 Å². The molecule has 1 atom stereocenters. The first kappa shape index (κ1) is 24.6. The Bertz CT molecular complexity index is 1500. The molecule has 190 valence electrons. The van der Waals surface area contributed by atoms with E-state index in [1.54, 1.807) is 24.1 Å². The van der Waals surface area contributed by atoms with Crippen LogP contribution in [0.15, 0.2) is 75.9 Å². The van der Waals surface area contributed by atoms with E-state index >= 15 is 0 Å². The number of carbonyl (C=O) groups excluding carboxylic acids is 1. The Balaban J connectivity index is 1.61. The van der Waals surface area contributed by atoms with Crippen LogP contribution in [0, 0.1) is 5.82 Å². The third kappa shape index (κ3) is 4.69. The molecule has 7 heteroatoms. The quantitative estimate of drug-likeness (QED) is 0.267. The molecule has 1 aliphatic rings. The molecule has 1 aliphatic heterocycles. The van der Waals surface area contributed by atoms with Crippen LogP contribution in [-0.2, 0) is 6.42 Å². The second-order valence-corrected chi connectivity index (χ2v) is 9.06. The first-order valence-electron chi connectivity index (χ1n) is 12.4. The van der Waals surface area contributed by atoms with Gasteiger partial charge in [-0.05, 0) is 54.3 Å². The van der Waals surface area contributed by atoms with E-state index < -0.39 is 17.3 Å². The Morgan fingerprint density at radius 2 is 1.81 bits per heavy atom. The predicted octanol–water partition coefficient (Wildman–Crippen LogP) is 5.91. The minimum Gasteiger partial charge on any atom is -0.493 e. The number of benzene rings is 3. The maximum absolute atomic E-state index is 14.0. The topological polar surface area (TPSA) is 69.0 Å². The molecule has 4 aromatic rings. The van der Waals surface area contributed by atoms with Gasteiger partial charge in [0.05, 0.1) is 30.7 Å². The standard InChI is InChI=1S/C30H28FNO5/c1-3-4-16-36-24-12-10-20(17-25(24)35-2)27-26-28(33)22-18-21(31)11-13-23(22)37-29(26)30(34)32(27)15-14-19-8-6-5-7-9-19/h5-13,17-18,27H,3-4,14-16H2,1-2H3. The largest absolute Gasteiger partial charge is 0.493 e. The van der Waals surface area contributed by atoms with Crippen molar-refractivity contribution in [3.8, 4) is 11.5 Å². The summed E-state index contributed by atoms with van der Waals surface area (Å²) in [5, 5.41) is 0.105. The van der Waals surface area contributed by atoms with Crippen LogP contribution in [0.2, 0.25) is 0 Å². The fourth-order valence-corrected chi connectivity index (χ4v) is 4.76. The number of fused-ring (bicyclic) bond motifs is 2. The van der Waals surface area contributed by atoms with Crippen molar-refractivity contribution in [2.45, 2.75) is 32.2 Å². The van der Waals surface area contributed by atoms with Gasteiger partial charge in [0.2, 0.25) is 5.76 Å². The number of nitrogens with zero attached hydrogens (tertiary/aromatic N) is 1. The van der Waals surface area contributed by atoms with Crippen LogP contribution in [0.4, 0.5) is 4.39 Å². The summed E-state index contributed by atoms with van der Waals surface area (Å²) in [7, 11) is 1.55. The number of hydrogen-bond acceptors (Lipinski definition) is 5. The highest BCUT2D eigenvalue weighted by molar-refractivity contribution is 5.99. The molecule has 1 aromatic heterocycles. The van der Waals surface area contributed by atoms with E-state index in [2.05, 4.69) is 6.92 Å². The number of methoxy groups -OCH3 is 1. The van der Waals surface area contributed by atoms with Crippen LogP contribution in [0.25, 0.3) is 11.0 Å². The van der Waals surface area contributed by atoms with Crippen molar-refractivity contribution in [3.63, 3.8) is 0 Å².